The van der Waals surface area contributed by atoms with Crippen molar-refractivity contribution in [1.29, 1.82) is 0 Å². The summed E-state index contributed by atoms with van der Waals surface area (Å²) in [5.41, 5.74) is 0. The van der Waals surface area contributed by atoms with Crippen LogP contribution in [0.15, 0.2) is 36.5 Å². The number of hydrogen-bond acceptors (Lipinski definition) is 5. The van der Waals surface area contributed by atoms with Gasteiger partial charge in [-0.15, -0.1) is 0 Å². The molecule has 0 aromatic carbocycles. The van der Waals surface area contributed by atoms with Gasteiger partial charge in [-0.3, -0.25) is 4.79 Å². The molecule has 396 valence electrons. The minimum Gasteiger partial charge on any atom is -0.394 e. The van der Waals surface area contributed by atoms with E-state index in [0.29, 0.717) is 19.3 Å². The van der Waals surface area contributed by atoms with Gasteiger partial charge in [0.15, 0.2) is 0 Å². The zero-order valence-corrected chi connectivity index (χ0v) is 44.9. The Balaban J connectivity index is 3.48. The smallest absolute Gasteiger partial charge is 0.249 e. The predicted molar refractivity (Wildman–Crippen MR) is 293 cm³/mol. The molecule has 0 rings (SSSR count). The van der Waals surface area contributed by atoms with Gasteiger partial charge in [0.25, 0.3) is 0 Å². The molecule has 0 aromatic heterocycles. The molecule has 67 heavy (non-hydrogen) atoms. The minimum atomic E-state index is -1.29. The van der Waals surface area contributed by atoms with Gasteiger partial charge in [-0.05, 0) is 57.8 Å². The van der Waals surface area contributed by atoms with E-state index in [0.717, 1.165) is 57.8 Å². The number of carbonyl (C=O) groups is 1. The Morgan fingerprint density at radius 3 is 0.955 bits per heavy atom. The zero-order chi connectivity index (χ0) is 48.8. The highest BCUT2D eigenvalue weighted by Crippen LogP contribution is 2.18. The lowest BCUT2D eigenvalue weighted by Gasteiger charge is -2.27. The predicted octanol–water partition coefficient (Wildman–Crippen LogP) is 17.6. The van der Waals surface area contributed by atoms with Gasteiger partial charge in [-0.2, -0.15) is 0 Å². The standard InChI is InChI=1S/C61H117NO5/c1-3-5-7-9-11-13-15-17-18-19-20-21-22-23-24-25-26-27-28-29-30-31-32-33-34-35-36-37-38-39-40-41-43-45-47-49-51-53-55-59(65)61(67)62-57(56-63)60(66)58(64)54-52-50-48-46-44-42-16-14-12-10-8-6-4-2/h6,8,14,16,46,48,57-60,63-66H,3-5,7,9-13,15,17-45,47,49-56H2,1-2H3,(H,62,67)/b8-6+,16-14+,48-46+. The van der Waals surface area contributed by atoms with Crippen LogP contribution in [-0.4, -0.2) is 57.3 Å². The van der Waals surface area contributed by atoms with Gasteiger partial charge in [-0.1, -0.05) is 294 Å². The number of amides is 1. The maximum absolute atomic E-state index is 12.6. The summed E-state index contributed by atoms with van der Waals surface area (Å²) in [6.45, 7) is 3.95. The third kappa shape index (κ3) is 49.3. The van der Waals surface area contributed by atoms with Crippen molar-refractivity contribution in [2.24, 2.45) is 0 Å². The van der Waals surface area contributed by atoms with Crippen molar-refractivity contribution in [2.75, 3.05) is 6.61 Å². The molecule has 0 aliphatic heterocycles. The Labute approximate surface area is 417 Å². The van der Waals surface area contributed by atoms with Crippen molar-refractivity contribution in [3.05, 3.63) is 36.5 Å². The molecule has 4 atom stereocenters. The summed E-state index contributed by atoms with van der Waals surface area (Å²) < 4.78 is 0. The second-order valence-corrected chi connectivity index (χ2v) is 20.6. The molecule has 1 amide bonds. The van der Waals surface area contributed by atoms with Gasteiger partial charge in [0.05, 0.1) is 18.8 Å². The van der Waals surface area contributed by atoms with Crippen LogP contribution in [0.4, 0.5) is 0 Å². The average molecular weight is 945 g/mol. The highest BCUT2D eigenvalue weighted by atomic mass is 16.3. The normalized spacial score (nSPS) is 13.9. The molecule has 0 saturated carbocycles. The van der Waals surface area contributed by atoms with Gasteiger partial charge >= 0.3 is 0 Å². The monoisotopic (exact) mass is 944 g/mol. The summed E-state index contributed by atoms with van der Waals surface area (Å²) >= 11 is 0. The Bertz CT molecular complexity index is 1060. The Hall–Kier alpha value is -1.47. The van der Waals surface area contributed by atoms with E-state index in [1.807, 2.05) is 0 Å². The summed E-state index contributed by atoms with van der Waals surface area (Å²) in [5, 5.41) is 43.8. The number of aliphatic hydroxyl groups excluding tert-OH is 4. The molecule has 0 aliphatic carbocycles. The first-order valence-corrected chi connectivity index (χ1v) is 29.9. The van der Waals surface area contributed by atoms with Crippen LogP contribution in [0, 0.1) is 0 Å². The molecular weight excluding hydrogens is 827 g/mol. The number of rotatable bonds is 55. The van der Waals surface area contributed by atoms with Gasteiger partial charge in [0, 0.05) is 0 Å². The first kappa shape index (κ1) is 65.5. The number of hydrogen-bond donors (Lipinski definition) is 5. The maximum Gasteiger partial charge on any atom is 0.249 e. The summed E-state index contributed by atoms with van der Waals surface area (Å²) in [6, 6.07) is -1.01. The van der Waals surface area contributed by atoms with E-state index >= 15 is 0 Å². The Morgan fingerprint density at radius 2 is 0.657 bits per heavy atom. The van der Waals surface area contributed by atoms with Crippen LogP contribution in [0.3, 0.4) is 0 Å². The maximum atomic E-state index is 12.6. The number of aliphatic hydroxyl groups is 4. The SMILES string of the molecule is CC/C=C/CC/C=C/CC/C=C/CCCC(O)C(O)C(CO)NC(=O)C(O)CCCCCCCCCCCCCCCCCCCCCCCCCCCCCCCCCCCCCCCC. The van der Waals surface area contributed by atoms with E-state index < -0.39 is 36.9 Å². The molecule has 6 heteroatoms. The molecule has 5 N–H and O–H groups in total. The van der Waals surface area contributed by atoms with E-state index in [1.165, 1.54) is 225 Å². The van der Waals surface area contributed by atoms with E-state index in [2.05, 4.69) is 55.6 Å². The first-order chi connectivity index (χ1) is 33.0. The lowest BCUT2D eigenvalue weighted by molar-refractivity contribution is -0.132. The Morgan fingerprint density at radius 1 is 0.373 bits per heavy atom. The number of allylic oxidation sites excluding steroid dienone is 6. The van der Waals surface area contributed by atoms with E-state index in [-0.39, 0.29) is 0 Å². The highest BCUT2D eigenvalue weighted by molar-refractivity contribution is 5.80. The molecule has 0 radical (unpaired) electrons. The average Bonchev–Trinajstić information content (AvgIpc) is 3.33. The minimum absolute atomic E-state index is 0.362. The van der Waals surface area contributed by atoms with Crippen molar-refractivity contribution >= 4 is 5.91 Å². The van der Waals surface area contributed by atoms with Crippen LogP contribution in [0.2, 0.25) is 0 Å². The fourth-order valence-corrected chi connectivity index (χ4v) is 9.45. The largest absolute Gasteiger partial charge is 0.394 e. The quantitative estimate of drug-likeness (QED) is 0.0308. The van der Waals surface area contributed by atoms with Crippen LogP contribution >= 0.6 is 0 Å². The highest BCUT2D eigenvalue weighted by Gasteiger charge is 2.28. The summed E-state index contributed by atoms with van der Waals surface area (Å²) in [5.74, 6) is -0.596. The van der Waals surface area contributed by atoms with E-state index in [4.69, 9.17) is 0 Å². The van der Waals surface area contributed by atoms with Crippen LogP contribution in [0.5, 0.6) is 0 Å². The van der Waals surface area contributed by atoms with Crippen LogP contribution in [-0.2, 0) is 4.79 Å². The topological polar surface area (TPSA) is 110 Å². The molecule has 0 aliphatic rings. The first-order valence-electron chi connectivity index (χ1n) is 29.9. The summed E-state index contributed by atoms with van der Waals surface area (Å²) in [7, 11) is 0. The fourth-order valence-electron chi connectivity index (χ4n) is 9.45. The van der Waals surface area contributed by atoms with Crippen molar-refractivity contribution in [3.8, 4) is 0 Å². The second-order valence-electron chi connectivity index (χ2n) is 20.6. The van der Waals surface area contributed by atoms with Gasteiger partial charge < -0.3 is 25.7 Å². The van der Waals surface area contributed by atoms with Crippen LogP contribution < -0.4 is 5.32 Å². The zero-order valence-electron chi connectivity index (χ0n) is 44.9. The third-order valence-corrected chi connectivity index (χ3v) is 14.1. The number of nitrogens with one attached hydrogen (secondary N) is 1. The fraction of sp³-hybridized carbons (Fsp3) is 0.885. The molecule has 0 fully saturated rings. The molecule has 0 saturated heterocycles. The Kier molecular flexibility index (Phi) is 54.2. The van der Waals surface area contributed by atoms with Gasteiger partial charge in [-0.25, -0.2) is 0 Å². The molecule has 6 nitrogen and oxygen atoms in total. The van der Waals surface area contributed by atoms with Gasteiger partial charge in [0.2, 0.25) is 5.91 Å². The van der Waals surface area contributed by atoms with Crippen molar-refractivity contribution in [2.45, 2.75) is 340 Å². The molecule has 0 spiro atoms. The van der Waals surface area contributed by atoms with Crippen LogP contribution in [0.1, 0.15) is 316 Å². The van der Waals surface area contributed by atoms with Crippen molar-refractivity contribution in [1.82, 2.24) is 5.32 Å². The summed E-state index contributed by atoms with van der Waals surface area (Å²) in [4.78, 5) is 12.6. The lowest BCUT2D eigenvalue weighted by atomic mass is 10.00. The molecule has 0 bridgehead atoms. The third-order valence-electron chi connectivity index (χ3n) is 14.1. The summed E-state index contributed by atoms with van der Waals surface area (Å²) in [6.07, 6.45) is 69.8. The van der Waals surface area contributed by atoms with Crippen molar-refractivity contribution < 1.29 is 25.2 Å². The molecular formula is C61H117NO5. The number of unbranched alkanes of at least 4 members (excludes halogenated alkanes) is 40. The van der Waals surface area contributed by atoms with Crippen molar-refractivity contribution in [3.63, 3.8) is 0 Å². The molecule has 0 heterocycles. The molecule has 0 aromatic rings. The van der Waals surface area contributed by atoms with Crippen LogP contribution in [0.25, 0.3) is 0 Å². The lowest BCUT2D eigenvalue weighted by Crippen LogP contribution is -2.53. The molecule has 4 unspecified atom stereocenters. The van der Waals surface area contributed by atoms with E-state index in [9.17, 15) is 25.2 Å². The second kappa shape index (κ2) is 55.5. The van der Waals surface area contributed by atoms with Gasteiger partial charge in [0.1, 0.15) is 12.2 Å². The number of carbonyl (C=O) groups excluding carboxylic acids is 1. The van der Waals surface area contributed by atoms with E-state index in [1.54, 1.807) is 0 Å².